The summed E-state index contributed by atoms with van der Waals surface area (Å²) in [6.45, 7) is 5.79. The highest BCUT2D eigenvalue weighted by Crippen LogP contribution is 2.35. The molecular formula is C26H27N5O2. The number of fused-ring (bicyclic) bond motifs is 2. The van der Waals surface area contributed by atoms with Gasteiger partial charge in [0.05, 0.1) is 24.7 Å². The number of nitriles is 1. The van der Waals surface area contributed by atoms with Gasteiger partial charge in [0, 0.05) is 54.5 Å². The zero-order valence-corrected chi connectivity index (χ0v) is 18.7. The van der Waals surface area contributed by atoms with Crippen LogP contribution in [-0.2, 0) is 13.0 Å². The fourth-order valence-corrected chi connectivity index (χ4v) is 5.18. The van der Waals surface area contributed by atoms with Crippen molar-refractivity contribution in [2.24, 2.45) is 0 Å². The minimum absolute atomic E-state index is 0.0788. The molecule has 3 aromatic rings. The van der Waals surface area contributed by atoms with Gasteiger partial charge in [-0.05, 0) is 36.4 Å². The normalized spacial score (nSPS) is 18.1. The number of piperazine rings is 1. The summed E-state index contributed by atoms with van der Waals surface area (Å²) in [5, 5.41) is 24.7. The Morgan fingerprint density at radius 1 is 1.21 bits per heavy atom. The molecule has 1 aromatic heterocycles. The van der Waals surface area contributed by atoms with Gasteiger partial charge in [0.1, 0.15) is 0 Å². The summed E-state index contributed by atoms with van der Waals surface area (Å²) < 4.78 is 0. The summed E-state index contributed by atoms with van der Waals surface area (Å²) in [6.07, 6.45) is 1.23. The number of nitrogens with zero attached hydrogens (tertiary/aromatic N) is 4. The average Bonchev–Trinajstić information content (AvgIpc) is 2.83. The Morgan fingerprint density at radius 2 is 2.03 bits per heavy atom. The van der Waals surface area contributed by atoms with Gasteiger partial charge < -0.3 is 20.2 Å². The van der Waals surface area contributed by atoms with Crippen LogP contribution in [-0.4, -0.2) is 48.3 Å². The lowest BCUT2D eigenvalue weighted by Crippen LogP contribution is -2.51. The molecule has 2 aromatic carbocycles. The Bertz CT molecular complexity index is 1260. The molecule has 2 aliphatic heterocycles. The standard InChI is InChI=1S/C26H27N5O2/c1-17-4-2-5-18-6-3-7-23(25(17)18)30-12-9-20-22(16-30)29-21(26(32)33)14-24(20)31-13-11-28-19(15-31)8-10-27/h2-7,14,19,28H,8-9,11-13,15-16H2,1H3,(H,32,33). The summed E-state index contributed by atoms with van der Waals surface area (Å²) in [7, 11) is 0. The summed E-state index contributed by atoms with van der Waals surface area (Å²) >= 11 is 0. The van der Waals surface area contributed by atoms with Gasteiger partial charge in [-0.2, -0.15) is 5.26 Å². The van der Waals surface area contributed by atoms with Gasteiger partial charge in [-0.1, -0.05) is 30.3 Å². The van der Waals surface area contributed by atoms with Crippen LogP contribution < -0.4 is 15.1 Å². The maximum absolute atomic E-state index is 11.9. The van der Waals surface area contributed by atoms with Crippen LogP contribution in [0.3, 0.4) is 0 Å². The molecule has 168 valence electrons. The summed E-state index contributed by atoms with van der Waals surface area (Å²) in [4.78, 5) is 21.0. The van der Waals surface area contributed by atoms with E-state index in [1.165, 1.54) is 16.3 Å². The van der Waals surface area contributed by atoms with Crippen LogP contribution in [0, 0.1) is 18.3 Å². The van der Waals surface area contributed by atoms with E-state index in [0.717, 1.165) is 48.7 Å². The smallest absolute Gasteiger partial charge is 0.354 e. The molecule has 1 atom stereocenters. The molecule has 33 heavy (non-hydrogen) atoms. The van der Waals surface area contributed by atoms with E-state index >= 15 is 0 Å². The zero-order chi connectivity index (χ0) is 22.9. The van der Waals surface area contributed by atoms with E-state index in [-0.39, 0.29) is 11.7 Å². The van der Waals surface area contributed by atoms with Crippen molar-refractivity contribution in [2.45, 2.75) is 32.4 Å². The Hall–Kier alpha value is -3.63. The SMILES string of the molecule is Cc1cccc2cccc(N3CCc4c(N5CCNC(CC#N)C5)cc(C(=O)O)nc4C3)c12. The molecule has 2 N–H and O–H groups in total. The molecule has 3 heterocycles. The van der Waals surface area contributed by atoms with E-state index in [4.69, 9.17) is 5.26 Å². The molecule has 2 aliphatic rings. The highest BCUT2D eigenvalue weighted by atomic mass is 16.4. The van der Waals surface area contributed by atoms with Crippen LogP contribution in [0.15, 0.2) is 42.5 Å². The second-order valence-corrected chi connectivity index (χ2v) is 8.84. The number of hydrogen-bond acceptors (Lipinski definition) is 6. The third-order valence-corrected chi connectivity index (χ3v) is 6.74. The molecule has 1 saturated heterocycles. The third-order valence-electron chi connectivity index (χ3n) is 6.74. The van der Waals surface area contributed by atoms with Crippen molar-refractivity contribution in [2.75, 3.05) is 36.0 Å². The number of pyridine rings is 1. The fourth-order valence-electron chi connectivity index (χ4n) is 5.18. The molecule has 0 aliphatic carbocycles. The monoisotopic (exact) mass is 441 g/mol. The lowest BCUT2D eigenvalue weighted by Gasteiger charge is -2.38. The van der Waals surface area contributed by atoms with Gasteiger partial charge >= 0.3 is 5.97 Å². The number of carboxylic acids is 1. The molecule has 1 unspecified atom stereocenters. The quantitative estimate of drug-likeness (QED) is 0.640. The van der Waals surface area contributed by atoms with Gasteiger partial charge in [-0.15, -0.1) is 0 Å². The van der Waals surface area contributed by atoms with Crippen LogP contribution in [0.1, 0.15) is 33.7 Å². The molecule has 7 nitrogen and oxygen atoms in total. The molecule has 0 saturated carbocycles. The Morgan fingerprint density at radius 3 is 2.82 bits per heavy atom. The van der Waals surface area contributed by atoms with Gasteiger partial charge in [-0.3, -0.25) is 0 Å². The first-order chi connectivity index (χ1) is 16.0. The van der Waals surface area contributed by atoms with Crippen molar-refractivity contribution in [1.82, 2.24) is 10.3 Å². The number of anilines is 2. The molecule has 0 bridgehead atoms. The molecular weight excluding hydrogens is 414 g/mol. The number of aromatic carboxylic acids is 1. The van der Waals surface area contributed by atoms with Gasteiger partial charge in [0.25, 0.3) is 0 Å². The summed E-state index contributed by atoms with van der Waals surface area (Å²) in [5.41, 5.74) is 5.39. The van der Waals surface area contributed by atoms with E-state index in [2.05, 4.69) is 69.5 Å². The lowest BCUT2D eigenvalue weighted by atomic mass is 9.97. The first-order valence-corrected chi connectivity index (χ1v) is 11.4. The van der Waals surface area contributed by atoms with E-state index in [9.17, 15) is 9.90 Å². The van der Waals surface area contributed by atoms with E-state index < -0.39 is 5.97 Å². The molecule has 7 heteroatoms. The van der Waals surface area contributed by atoms with Gasteiger partial charge in [-0.25, -0.2) is 9.78 Å². The van der Waals surface area contributed by atoms with Crippen LogP contribution >= 0.6 is 0 Å². The number of hydrogen-bond donors (Lipinski definition) is 2. The number of aromatic nitrogens is 1. The predicted octanol–water partition coefficient (Wildman–Crippen LogP) is 3.50. The topological polar surface area (TPSA) is 92.5 Å². The highest BCUT2D eigenvalue weighted by molar-refractivity contribution is 5.97. The highest BCUT2D eigenvalue weighted by Gasteiger charge is 2.28. The molecule has 5 rings (SSSR count). The summed E-state index contributed by atoms with van der Waals surface area (Å²) in [6, 6.07) is 16.7. The van der Waals surface area contributed by atoms with Crippen LogP contribution in [0.2, 0.25) is 0 Å². The lowest BCUT2D eigenvalue weighted by molar-refractivity contribution is 0.0690. The van der Waals surface area contributed by atoms with Crippen molar-refractivity contribution in [1.29, 1.82) is 5.26 Å². The van der Waals surface area contributed by atoms with Crippen molar-refractivity contribution >= 4 is 28.1 Å². The minimum atomic E-state index is -1.01. The fraction of sp³-hybridized carbons (Fsp3) is 0.346. The molecule has 0 spiro atoms. The third kappa shape index (κ3) is 3.98. The van der Waals surface area contributed by atoms with E-state index in [1.807, 2.05) is 0 Å². The Labute approximate surface area is 193 Å². The van der Waals surface area contributed by atoms with Crippen LogP contribution in [0.4, 0.5) is 11.4 Å². The van der Waals surface area contributed by atoms with Gasteiger partial charge in [0.15, 0.2) is 5.69 Å². The van der Waals surface area contributed by atoms with Crippen molar-refractivity contribution < 1.29 is 9.90 Å². The van der Waals surface area contributed by atoms with Crippen LogP contribution in [0.5, 0.6) is 0 Å². The molecule has 0 amide bonds. The average molecular weight is 442 g/mol. The number of carbonyl (C=O) groups is 1. The number of rotatable bonds is 4. The predicted molar refractivity (Wildman–Crippen MR) is 129 cm³/mol. The maximum atomic E-state index is 11.9. The number of aryl methyl sites for hydroxylation is 1. The van der Waals surface area contributed by atoms with E-state index in [0.29, 0.717) is 19.5 Å². The number of benzene rings is 2. The maximum Gasteiger partial charge on any atom is 0.354 e. The zero-order valence-electron chi connectivity index (χ0n) is 18.7. The van der Waals surface area contributed by atoms with Crippen molar-refractivity contribution in [3.63, 3.8) is 0 Å². The second kappa shape index (κ2) is 8.72. The first kappa shape index (κ1) is 21.2. The Kier molecular flexibility index (Phi) is 5.61. The minimum Gasteiger partial charge on any atom is -0.477 e. The number of nitrogens with one attached hydrogen (secondary N) is 1. The van der Waals surface area contributed by atoms with Crippen molar-refractivity contribution in [3.8, 4) is 6.07 Å². The van der Waals surface area contributed by atoms with E-state index in [1.54, 1.807) is 6.07 Å². The second-order valence-electron chi connectivity index (χ2n) is 8.84. The van der Waals surface area contributed by atoms with Crippen LogP contribution in [0.25, 0.3) is 10.8 Å². The number of carboxylic acid groups (broad SMARTS) is 1. The first-order valence-electron chi connectivity index (χ1n) is 11.4. The Balaban J connectivity index is 1.54. The van der Waals surface area contributed by atoms with Gasteiger partial charge in [0.2, 0.25) is 0 Å². The summed E-state index contributed by atoms with van der Waals surface area (Å²) in [5.74, 6) is -1.01. The van der Waals surface area contributed by atoms with Crippen molar-refractivity contribution in [3.05, 3.63) is 65.0 Å². The largest absolute Gasteiger partial charge is 0.477 e. The molecule has 1 fully saturated rings. The molecule has 0 radical (unpaired) electrons.